The quantitative estimate of drug-likeness (QED) is 0.805. The number of carbonyl (C=O) groups is 2. The Bertz CT molecular complexity index is 754. The van der Waals surface area contributed by atoms with E-state index in [2.05, 4.69) is 4.90 Å². The van der Waals surface area contributed by atoms with E-state index in [1.165, 1.54) is 0 Å². The highest BCUT2D eigenvalue weighted by molar-refractivity contribution is 5.87. The highest BCUT2D eigenvalue weighted by atomic mass is 16.5. The minimum Gasteiger partial charge on any atom is -0.492 e. The van der Waals surface area contributed by atoms with E-state index in [1.807, 2.05) is 48.2 Å². The van der Waals surface area contributed by atoms with Crippen LogP contribution in [0.2, 0.25) is 0 Å². The van der Waals surface area contributed by atoms with Crippen molar-refractivity contribution in [1.29, 1.82) is 0 Å². The molecule has 2 bridgehead atoms. The summed E-state index contributed by atoms with van der Waals surface area (Å²) in [5.41, 5.74) is 1.05. The van der Waals surface area contributed by atoms with E-state index >= 15 is 0 Å². The van der Waals surface area contributed by atoms with Gasteiger partial charge in [-0.1, -0.05) is 24.3 Å². The Balaban J connectivity index is 1.43. The number of para-hydroxylation sites is 2. The van der Waals surface area contributed by atoms with Crippen LogP contribution >= 0.6 is 0 Å². The highest BCUT2D eigenvalue weighted by Crippen LogP contribution is 2.48. The van der Waals surface area contributed by atoms with Crippen LogP contribution in [-0.2, 0) is 9.59 Å². The molecule has 144 valence electrons. The average molecular weight is 370 g/mol. The Morgan fingerprint density at radius 2 is 1.74 bits per heavy atom. The normalized spacial score (nSPS) is 29.2. The molecule has 2 aliphatic carbocycles. The Morgan fingerprint density at radius 1 is 1.07 bits per heavy atom. The number of amides is 1. The Hall–Kier alpha value is -2.50. The van der Waals surface area contributed by atoms with Crippen molar-refractivity contribution in [2.45, 2.75) is 13.3 Å². The van der Waals surface area contributed by atoms with Gasteiger partial charge in [-0.2, -0.15) is 0 Å². The van der Waals surface area contributed by atoms with Crippen molar-refractivity contribution < 1.29 is 19.4 Å². The zero-order valence-electron chi connectivity index (χ0n) is 15.6. The standard InChI is InChI=1S/C21H26N2O4/c1-2-27-17-6-4-3-5-16(17)22-9-11-23(12-10-22)20(24)18-14-7-8-15(13-14)19(18)21(25)26/h3-8,14-15,18-19H,2,9-13H2,1H3,(H,25,26)/t14-,15-,18+,19+/m0/s1. The van der Waals surface area contributed by atoms with Crippen LogP contribution in [0.25, 0.3) is 0 Å². The van der Waals surface area contributed by atoms with E-state index in [-0.39, 0.29) is 17.7 Å². The van der Waals surface area contributed by atoms with Gasteiger partial charge in [0.25, 0.3) is 0 Å². The van der Waals surface area contributed by atoms with E-state index in [0.29, 0.717) is 19.7 Å². The molecule has 1 N–H and O–H groups in total. The number of carbonyl (C=O) groups excluding carboxylic acids is 1. The van der Waals surface area contributed by atoms with Crippen LogP contribution in [0, 0.1) is 23.7 Å². The minimum absolute atomic E-state index is 0.0111. The smallest absolute Gasteiger partial charge is 0.307 e. The SMILES string of the molecule is CCOc1ccccc1N1CCN(C(=O)[C@H]2[C@H](C(=O)O)[C@H]3C=C[C@H]2C3)CC1. The first kappa shape index (κ1) is 17.9. The second kappa shape index (κ2) is 7.25. The Morgan fingerprint density at radius 3 is 2.41 bits per heavy atom. The van der Waals surface area contributed by atoms with Crippen molar-refractivity contribution >= 4 is 17.6 Å². The van der Waals surface area contributed by atoms with Gasteiger partial charge in [0.2, 0.25) is 5.91 Å². The van der Waals surface area contributed by atoms with E-state index in [9.17, 15) is 14.7 Å². The van der Waals surface area contributed by atoms with E-state index in [0.717, 1.165) is 30.9 Å². The molecule has 1 heterocycles. The number of carboxylic acids is 1. The van der Waals surface area contributed by atoms with Gasteiger partial charge in [0.1, 0.15) is 5.75 Å². The van der Waals surface area contributed by atoms with Gasteiger partial charge in [0, 0.05) is 26.2 Å². The maximum absolute atomic E-state index is 13.1. The molecule has 1 aromatic carbocycles. The third kappa shape index (κ3) is 3.17. The molecule has 3 aliphatic rings. The van der Waals surface area contributed by atoms with Crippen LogP contribution in [-0.4, -0.2) is 54.7 Å². The Labute approximate surface area is 159 Å². The van der Waals surface area contributed by atoms with Crippen molar-refractivity contribution in [3.05, 3.63) is 36.4 Å². The fourth-order valence-electron chi connectivity index (χ4n) is 4.87. The van der Waals surface area contributed by atoms with Crippen LogP contribution in [0.5, 0.6) is 5.75 Å². The number of nitrogens with zero attached hydrogens (tertiary/aromatic N) is 2. The molecule has 1 aliphatic heterocycles. The van der Waals surface area contributed by atoms with Crippen LogP contribution in [0.4, 0.5) is 5.69 Å². The predicted molar refractivity (Wildman–Crippen MR) is 102 cm³/mol. The molecule has 6 nitrogen and oxygen atoms in total. The number of anilines is 1. The minimum atomic E-state index is -0.838. The number of piperazine rings is 1. The largest absolute Gasteiger partial charge is 0.492 e. The molecular formula is C21H26N2O4. The molecule has 0 aromatic heterocycles. The van der Waals surface area contributed by atoms with E-state index in [4.69, 9.17) is 4.74 Å². The summed E-state index contributed by atoms with van der Waals surface area (Å²) in [6.07, 6.45) is 4.83. The van der Waals surface area contributed by atoms with Gasteiger partial charge >= 0.3 is 5.97 Å². The maximum atomic E-state index is 13.1. The van der Waals surface area contributed by atoms with Gasteiger partial charge in [-0.15, -0.1) is 0 Å². The lowest BCUT2D eigenvalue weighted by Crippen LogP contribution is -2.52. The zero-order valence-corrected chi connectivity index (χ0v) is 15.6. The first-order chi connectivity index (χ1) is 13.1. The van der Waals surface area contributed by atoms with Gasteiger partial charge < -0.3 is 19.6 Å². The number of hydrogen-bond donors (Lipinski definition) is 1. The molecule has 1 saturated heterocycles. The molecule has 4 atom stereocenters. The molecule has 6 heteroatoms. The number of benzene rings is 1. The predicted octanol–water partition coefficient (Wildman–Crippen LogP) is 2.26. The van der Waals surface area contributed by atoms with E-state index in [1.54, 1.807) is 0 Å². The van der Waals surface area contributed by atoms with Crippen LogP contribution in [0.15, 0.2) is 36.4 Å². The van der Waals surface area contributed by atoms with Gasteiger partial charge in [-0.25, -0.2) is 0 Å². The summed E-state index contributed by atoms with van der Waals surface area (Å²) in [6.45, 7) is 5.26. The number of hydrogen-bond acceptors (Lipinski definition) is 4. The van der Waals surface area contributed by atoms with Crippen molar-refractivity contribution in [2.24, 2.45) is 23.7 Å². The lowest BCUT2D eigenvalue weighted by Gasteiger charge is -2.39. The van der Waals surface area contributed by atoms with Gasteiger partial charge in [0.15, 0.2) is 0 Å². The number of allylic oxidation sites excluding steroid dienone is 2. The summed E-state index contributed by atoms with van der Waals surface area (Å²) >= 11 is 0. The summed E-state index contributed by atoms with van der Waals surface area (Å²) in [4.78, 5) is 28.9. The molecule has 2 fully saturated rings. The molecule has 4 rings (SSSR count). The Kier molecular flexibility index (Phi) is 4.81. The molecule has 27 heavy (non-hydrogen) atoms. The van der Waals surface area contributed by atoms with Crippen LogP contribution in [0.3, 0.4) is 0 Å². The molecule has 1 saturated carbocycles. The van der Waals surface area contributed by atoms with Gasteiger partial charge in [-0.05, 0) is 37.3 Å². The molecular weight excluding hydrogens is 344 g/mol. The molecule has 0 unspecified atom stereocenters. The third-order valence-corrected chi connectivity index (χ3v) is 6.13. The van der Waals surface area contributed by atoms with Crippen molar-refractivity contribution in [2.75, 3.05) is 37.7 Å². The van der Waals surface area contributed by atoms with E-state index < -0.39 is 17.8 Å². The molecule has 0 spiro atoms. The summed E-state index contributed by atoms with van der Waals surface area (Å²) in [5.74, 6) is -0.833. The lowest BCUT2D eigenvalue weighted by atomic mass is 9.82. The topological polar surface area (TPSA) is 70.1 Å². The fraction of sp³-hybridized carbons (Fsp3) is 0.524. The number of carboxylic acid groups (broad SMARTS) is 1. The molecule has 1 aromatic rings. The second-order valence-electron chi connectivity index (χ2n) is 7.55. The molecule has 1 amide bonds. The van der Waals surface area contributed by atoms with Crippen LogP contribution < -0.4 is 9.64 Å². The number of fused-ring (bicyclic) bond motifs is 2. The summed E-state index contributed by atoms with van der Waals surface area (Å²) in [6, 6.07) is 7.97. The monoisotopic (exact) mass is 370 g/mol. The number of rotatable bonds is 5. The van der Waals surface area contributed by atoms with Crippen molar-refractivity contribution in [1.82, 2.24) is 4.90 Å². The van der Waals surface area contributed by atoms with Crippen molar-refractivity contribution in [3.8, 4) is 5.75 Å². The average Bonchev–Trinajstić information content (AvgIpc) is 3.30. The van der Waals surface area contributed by atoms with Gasteiger partial charge in [-0.3, -0.25) is 9.59 Å². The zero-order chi connectivity index (χ0) is 19.0. The summed E-state index contributed by atoms with van der Waals surface area (Å²) in [7, 11) is 0. The first-order valence-electron chi connectivity index (χ1n) is 9.77. The first-order valence-corrected chi connectivity index (χ1v) is 9.77. The second-order valence-corrected chi connectivity index (χ2v) is 7.55. The summed E-state index contributed by atoms with van der Waals surface area (Å²) < 4.78 is 5.72. The maximum Gasteiger partial charge on any atom is 0.307 e. The molecule has 0 radical (unpaired) electrons. The lowest BCUT2D eigenvalue weighted by molar-refractivity contribution is -0.151. The third-order valence-electron chi connectivity index (χ3n) is 6.13. The highest BCUT2D eigenvalue weighted by Gasteiger charge is 2.52. The number of aliphatic carboxylic acids is 1. The fourth-order valence-corrected chi connectivity index (χ4v) is 4.87. The summed E-state index contributed by atoms with van der Waals surface area (Å²) in [5, 5.41) is 9.60. The van der Waals surface area contributed by atoms with Gasteiger partial charge in [0.05, 0.1) is 24.1 Å². The van der Waals surface area contributed by atoms with Crippen LogP contribution in [0.1, 0.15) is 13.3 Å². The van der Waals surface area contributed by atoms with Crippen molar-refractivity contribution in [3.63, 3.8) is 0 Å². The number of ether oxygens (including phenoxy) is 1.